The Bertz CT molecular complexity index is 1060. The Hall–Kier alpha value is -2.51. The SMILES string of the molecule is CN(C(=O)COC(=O)c1cccc(CS(C)=O)c1)C1(c2ccccc2Cl)CCCCC1=O. The van der Waals surface area contributed by atoms with Crippen LogP contribution in [0.2, 0.25) is 5.02 Å². The van der Waals surface area contributed by atoms with Crippen LogP contribution in [0.3, 0.4) is 0 Å². The lowest BCUT2D eigenvalue weighted by molar-refractivity contribution is -0.150. The number of amides is 1. The van der Waals surface area contributed by atoms with Gasteiger partial charge in [-0.15, -0.1) is 0 Å². The molecule has 170 valence electrons. The van der Waals surface area contributed by atoms with E-state index in [1.165, 1.54) is 4.90 Å². The Balaban J connectivity index is 1.77. The number of hydrogen-bond donors (Lipinski definition) is 0. The Morgan fingerprint density at radius 3 is 2.59 bits per heavy atom. The van der Waals surface area contributed by atoms with Crippen molar-refractivity contribution in [2.24, 2.45) is 0 Å². The Morgan fingerprint density at radius 1 is 1.16 bits per heavy atom. The molecule has 0 aliphatic heterocycles. The minimum Gasteiger partial charge on any atom is -0.452 e. The maximum atomic E-state index is 13.1. The third kappa shape index (κ3) is 5.10. The lowest BCUT2D eigenvalue weighted by atomic mass is 9.74. The Kier molecular flexibility index (Phi) is 7.85. The molecule has 2 atom stereocenters. The van der Waals surface area contributed by atoms with Crippen molar-refractivity contribution in [3.05, 3.63) is 70.2 Å². The zero-order valence-electron chi connectivity index (χ0n) is 18.1. The van der Waals surface area contributed by atoms with E-state index in [0.717, 1.165) is 18.4 Å². The van der Waals surface area contributed by atoms with E-state index in [-0.39, 0.29) is 11.3 Å². The van der Waals surface area contributed by atoms with Gasteiger partial charge in [-0.2, -0.15) is 0 Å². The average molecular weight is 476 g/mol. The summed E-state index contributed by atoms with van der Waals surface area (Å²) >= 11 is 6.42. The van der Waals surface area contributed by atoms with Gasteiger partial charge in [0.1, 0.15) is 5.54 Å². The van der Waals surface area contributed by atoms with Crippen LogP contribution in [0.4, 0.5) is 0 Å². The van der Waals surface area contributed by atoms with E-state index in [1.54, 1.807) is 61.8 Å². The zero-order chi connectivity index (χ0) is 23.3. The number of ketones is 1. The molecular formula is C24H26ClNO5S. The summed E-state index contributed by atoms with van der Waals surface area (Å²) in [7, 11) is 0.513. The van der Waals surface area contributed by atoms with Gasteiger partial charge < -0.3 is 9.64 Å². The van der Waals surface area contributed by atoms with Crippen LogP contribution >= 0.6 is 11.6 Å². The van der Waals surface area contributed by atoms with Gasteiger partial charge in [-0.1, -0.05) is 41.9 Å². The highest BCUT2D eigenvalue weighted by Crippen LogP contribution is 2.42. The molecule has 1 aliphatic rings. The first-order valence-electron chi connectivity index (χ1n) is 10.4. The number of esters is 1. The van der Waals surface area contributed by atoms with E-state index in [9.17, 15) is 18.6 Å². The standard InChI is InChI=1S/C24H26ClNO5S/c1-26(24(13-6-5-12-21(24)27)19-10-3-4-11-20(19)25)22(28)15-31-23(29)18-9-7-8-17(14-18)16-32(2)30/h3-4,7-11,14H,5-6,12-13,15-16H2,1-2H3. The van der Waals surface area contributed by atoms with Crippen LogP contribution in [0.5, 0.6) is 0 Å². The molecule has 6 nitrogen and oxygen atoms in total. The highest BCUT2D eigenvalue weighted by atomic mass is 35.5. The van der Waals surface area contributed by atoms with Gasteiger partial charge in [0, 0.05) is 46.9 Å². The summed E-state index contributed by atoms with van der Waals surface area (Å²) in [5.74, 6) is -0.887. The number of carbonyl (C=O) groups is 3. The molecular weight excluding hydrogens is 450 g/mol. The van der Waals surface area contributed by atoms with Crippen molar-refractivity contribution < 1.29 is 23.3 Å². The zero-order valence-corrected chi connectivity index (χ0v) is 19.7. The lowest BCUT2D eigenvalue weighted by Crippen LogP contribution is -2.55. The molecule has 0 radical (unpaired) electrons. The number of benzene rings is 2. The molecule has 1 amide bonds. The van der Waals surface area contributed by atoms with E-state index in [0.29, 0.717) is 29.2 Å². The Labute approximate surface area is 195 Å². The highest BCUT2D eigenvalue weighted by Gasteiger charge is 2.48. The largest absolute Gasteiger partial charge is 0.452 e. The minimum atomic E-state index is -1.18. The fourth-order valence-corrected chi connectivity index (χ4v) is 5.11. The highest BCUT2D eigenvalue weighted by molar-refractivity contribution is 7.83. The van der Waals surface area contributed by atoms with E-state index in [2.05, 4.69) is 0 Å². The number of likely N-dealkylation sites (N-methyl/N-ethyl adjacent to an activating group) is 1. The predicted molar refractivity (Wildman–Crippen MR) is 124 cm³/mol. The maximum Gasteiger partial charge on any atom is 0.338 e. The van der Waals surface area contributed by atoms with Gasteiger partial charge in [-0.05, 0) is 43.0 Å². The van der Waals surface area contributed by atoms with Crippen molar-refractivity contribution in [2.75, 3.05) is 19.9 Å². The molecule has 1 aliphatic carbocycles. The molecule has 1 saturated carbocycles. The van der Waals surface area contributed by atoms with Crippen LogP contribution in [0, 0.1) is 0 Å². The first-order chi connectivity index (χ1) is 15.3. The van der Waals surface area contributed by atoms with E-state index < -0.39 is 34.8 Å². The van der Waals surface area contributed by atoms with Crippen LogP contribution in [0.25, 0.3) is 0 Å². The summed E-state index contributed by atoms with van der Waals surface area (Å²) in [6.45, 7) is -0.501. The summed E-state index contributed by atoms with van der Waals surface area (Å²) in [4.78, 5) is 40.0. The van der Waals surface area contributed by atoms with Crippen molar-refractivity contribution in [1.82, 2.24) is 4.90 Å². The number of rotatable bonds is 7. The molecule has 0 saturated heterocycles. The van der Waals surface area contributed by atoms with Crippen LogP contribution in [0.1, 0.15) is 47.2 Å². The molecule has 0 N–H and O–H groups in total. The molecule has 0 heterocycles. The number of hydrogen-bond acceptors (Lipinski definition) is 5. The number of ether oxygens (including phenoxy) is 1. The average Bonchev–Trinajstić information content (AvgIpc) is 2.77. The van der Waals surface area contributed by atoms with Gasteiger partial charge in [-0.25, -0.2) is 4.79 Å². The molecule has 0 spiro atoms. The second-order valence-electron chi connectivity index (χ2n) is 7.92. The molecule has 2 unspecified atom stereocenters. The predicted octanol–water partition coefficient (Wildman–Crippen LogP) is 3.87. The van der Waals surface area contributed by atoms with Gasteiger partial charge in [0.15, 0.2) is 12.4 Å². The van der Waals surface area contributed by atoms with Crippen LogP contribution in [-0.2, 0) is 36.4 Å². The molecule has 0 aromatic heterocycles. The van der Waals surface area contributed by atoms with Gasteiger partial charge >= 0.3 is 5.97 Å². The molecule has 1 fully saturated rings. The third-order valence-corrected chi connectivity index (χ3v) is 6.85. The molecule has 3 rings (SSSR count). The maximum absolute atomic E-state index is 13.1. The number of nitrogens with zero attached hydrogens (tertiary/aromatic N) is 1. The fourth-order valence-electron chi connectivity index (χ4n) is 4.17. The van der Waals surface area contributed by atoms with E-state index in [1.807, 2.05) is 0 Å². The second kappa shape index (κ2) is 10.4. The normalized spacial score (nSPS) is 19.3. The van der Waals surface area contributed by atoms with E-state index in [4.69, 9.17) is 16.3 Å². The topological polar surface area (TPSA) is 80.8 Å². The molecule has 8 heteroatoms. The fraction of sp³-hybridized carbons (Fsp3) is 0.375. The van der Waals surface area contributed by atoms with Gasteiger partial charge in [0.2, 0.25) is 0 Å². The monoisotopic (exact) mass is 475 g/mol. The van der Waals surface area contributed by atoms with E-state index >= 15 is 0 Å². The van der Waals surface area contributed by atoms with Crippen LogP contribution in [-0.4, -0.2) is 46.7 Å². The van der Waals surface area contributed by atoms with Crippen LogP contribution < -0.4 is 0 Å². The van der Waals surface area contributed by atoms with Gasteiger partial charge in [-0.3, -0.25) is 13.8 Å². The summed E-state index contributed by atoms with van der Waals surface area (Å²) < 4.78 is 16.7. The number of halogens is 1. The molecule has 2 aromatic carbocycles. The summed E-state index contributed by atoms with van der Waals surface area (Å²) in [5, 5.41) is 0.421. The smallest absolute Gasteiger partial charge is 0.338 e. The number of carbonyl (C=O) groups excluding carboxylic acids is 3. The quantitative estimate of drug-likeness (QED) is 0.568. The molecule has 0 bridgehead atoms. The first kappa shape index (κ1) is 24.1. The first-order valence-corrected chi connectivity index (χ1v) is 12.5. The second-order valence-corrected chi connectivity index (χ2v) is 9.76. The summed E-state index contributed by atoms with van der Waals surface area (Å²) in [5.41, 5.74) is 0.437. The van der Waals surface area contributed by atoms with Gasteiger partial charge in [0.05, 0.1) is 5.56 Å². The summed E-state index contributed by atoms with van der Waals surface area (Å²) in [6.07, 6.45) is 3.94. The molecule has 2 aromatic rings. The lowest BCUT2D eigenvalue weighted by Gasteiger charge is -2.43. The molecule has 32 heavy (non-hydrogen) atoms. The third-order valence-electron chi connectivity index (χ3n) is 5.78. The van der Waals surface area contributed by atoms with Crippen molar-refractivity contribution in [1.29, 1.82) is 0 Å². The minimum absolute atomic E-state index is 0.0701. The van der Waals surface area contributed by atoms with Crippen molar-refractivity contribution in [3.8, 4) is 0 Å². The van der Waals surface area contributed by atoms with Crippen molar-refractivity contribution in [2.45, 2.75) is 37.0 Å². The van der Waals surface area contributed by atoms with Crippen LogP contribution in [0.15, 0.2) is 48.5 Å². The van der Waals surface area contributed by atoms with Crippen molar-refractivity contribution in [3.63, 3.8) is 0 Å². The summed E-state index contributed by atoms with van der Waals surface area (Å²) in [6, 6.07) is 13.7. The van der Waals surface area contributed by atoms with Crippen molar-refractivity contribution >= 4 is 40.1 Å². The number of Topliss-reactive ketones (excluding diaryl/α,β-unsaturated/α-hetero) is 1. The van der Waals surface area contributed by atoms with Gasteiger partial charge in [0.25, 0.3) is 5.91 Å². The Morgan fingerprint density at radius 2 is 1.91 bits per heavy atom.